The molecule has 0 bridgehead atoms. The number of amides is 2. The predicted molar refractivity (Wildman–Crippen MR) is 112 cm³/mol. The fraction of sp³-hybridized carbons (Fsp3) is 0.381. The van der Waals surface area contributed by atoms with Gasteiger partial charge in [0.15, 0.2) is 6.61 Å². The van der Waals surface area contributed by atoms with Crippen LogP contribution >= 0.6 is 11.3 Å². The van der Waals surface area contributed by atoms with E-state index in [1.54, 1.807) is 18.2 Å². The van der Waals surface area contributed by atoms with Crippen LogP contribution in [0.25, 0.3) is 0 Å². The second-order valence-corrected chi connectivity index (χ2v) is 8.26. The number of nitrogens with one attached hydrogen (secondary N) is 2. The van der Waals surface area contributed by atoms with Gasteiger partial charge in [-0.05, 0) is 55.0 Å². The van der Waals surface area contributed by atoms with Crippen LogP contribution in [0.4, 0.5) is 11.4 Å². The summed E-state index contributed by atoms with van der Waals surface area (Å²) in [7, 11) is 1.47. The van der Waals surface area contributed by atoms with Gasteiger partial charge in [0.1, 0.15) is 10.6 Å². The molecule has 2 aromatic rings. The van der Waals surface area contributed by atoms with E-state index in [0.29, 0.717) is 27.9 Å². The summed E-state index contributed by atoms with van der Waals surface area (Å²) in [5, 5.41) is 5.29. The van der Waals surface area contributed by atoms with E-state index in [9.17, 15) is 14.4 Å². The third-order valence-corrected chi connectivity index (χ3v) is 5.88. The number of hydrogen-bond donors (Lipinski definition) is 2. The minimum Gasteiger partial charge on any atom is -0.495 e. The maximum absolute atomic E-state index is 12.3. The van der Waals surface area contributed by atoms with Gasteiger partial charge in [0.25, 0.3) is 5.91 Å². The molecule has 154 valence electrons. The van der Waals surface area contributed by atoms with Crippen molar-refractivity contribution < 1.29 is 23.9 Å². The van der Waals surface area contributed by atoms with E-state index >= 15 is 0 Å². The molecule has 0 spiro atoms. The Morgan fingerprint density at radius 1 is 1.21 bits per heavy atom. The summed E-state index contributed by atoms with van der Waals surface area (Å²) in [6, 6.07) is 6.75. The molecule has 1 aliphatic rings. The van der Waals surface area contributed by atoms with Crippen LogP contribution in [0.15, 0.2) is 24.3 Å². The molecule has 1 aromatic heterocycles. The number of fused-ring (bicyclic) bond motifs is 1. The average molecular weight is 416 g/mol. The first-order valence-corrected chi connectivity index (χ1v) is 10.2. The van der Waals surface area contributed by atoms with Crippen molar-refractivity contribution in [2.24, 2.45) is 5.92 Å². The third-order valence-electron chi connectivity index (χ3n) is 4.66. The van der Waals surface area contributed by atoms with Crippen molar-refractivity contribution in [3.05, 3.63) is 39.6 Å². The van der Waals surface area contributed by atoms with Crippen LogP contribution < -0.4 is 15.4 Å². The fourth-order valence-electron chi connectivity index (χ4n) is 3.28. The number of rotatable bonds is 6. The molecule has 1 heterocycles. The molecule has 0 saturated carbocycles. The van der Waals surface area contributed by atoms with E-state index in [2.05, 4.69) is 17.6 Å². The zero-order valence-electron chi connectivity index (χ0n) is 16.7. The zero-order chi connectivity index (χ0) is 21.0. The van der Waals surface area contributed by atoms with Crippen LogP contribution in [-0.4, -0.2) is 31.5 Å². The van der Waals surface area contributed by atoms with Crippen LogP contribution in [-0.2, 0) is 27.2 Å². The maximum Gasteiger partial charge on any atom is 0.348 e. The van der Waals surface area contributed by atoms with E-state index in [0.717, 1.165) is 19.3 Å². The van der Waals surface area contributed by atoms with Crippen LogP contribution in [0, 0.1) is 5.92 Å². The van der Waals surface area contributed by atoms with Gasteiger partial charge in [0.05, 0.1) is 12.8 Å². The van der Waals surface area contributed by atoms with Crippen LogP contribution in [0.1, 0.15) is 40.4 Å². The highest BCUT2D eigenvalue weighted by Crippen LogP contribution is 2.32. The molecule has 2 amide bonds. The van der Waals surface area contributed by atoms with Gasteiger partial charge >= 0.3 is 5.97 Å². The fourth-order valence-corrected chi connectivity index (χ4v) is 4.38. The van der Waals surface area contributed by atoms with Crippen molar-refractivity contribution in [2.75, 3.05) is 24.4 Å². The van der Waals surface area contributed by atoms with Gasteiger partial charge in [0.2, 0.25) is 5.91 Å². The Morgan fingerprint density at radius 2 is 2.00 bits per heavy atom. The topological polar surface area (TPSA) is 93.7 Å². The van der Waals surface area contributed by atoms with Crippen molar-refractivity contribution in [3.8, 4) is 5.75 Å². The van der Waals surface area contributed by atoms with Crippen molar-refractivity contribution >= 4 is 40.5 Å². The highest BCUT2D eigenvalue weighted by Gasteiger charge is 2.22. The van der Waals surface area contributed by atoms with E-state index in [-0.39, 0.29) is 5.91 Å². The molecule has 1 aromatic carbocycles. The minimum atomic E-state index is -0.494. The molecular weight excluding hydrogens is 392 g/mol. The number of methoxy groups -OCH3 is 1. The Bertz CT molecular complexity index is 937. The third kappa shape index (κ3) is 5.35. The lowest BCUT2D eigenvalue weighted by atomic mass is 9.90. The Morgan fingerprint density at radius 3 is 2.72 bits per heavy atom. The van der Waals surface area contributed by atoms with Gasteiger partial charge in [-0.2, -0.15) is 0 Å². The van der Waals surface area contributed by atoms with Crippen LogP contribution in [0.5, 0.6) is 5.75 Å². The van der Waals surface area contributed by atoms with Crippen LogP contribution in [0.2, 0.25) is 0 Å². The maximum atomic E-state index is 12.3. The molecule has 0 aliphatic heterocycles. The lowest BCUT2D eigenvalue weighted by Crippen LogP contribution is -2.21. The lowest BCUT2D eigenvalue weighted by molar-refractivity contribution is -0.119. The average Bonchev–Trinajstić information content (AvgIpc) is 3.09. The summed E-state index contributed by atoms with van der Waals surface area (Å²) in [5.41, 5.74) is 2.11. The van der Waals surface area contributed by atoms with E-state index in [1.165, 1.54) is 35.8 Å². The molecule has 3 rings (SSSR count). The van der Waals surface area contributed by atoms with E-state index in [1.807, 2.05) is 6.07 Å². The first-order chi connectivity index (χ1) is 13.9. The van der Waals surface area contributed by atoms with E-state index in [4.69, 9.17) is 9.47 Å². The summed E-state index contributed by atoms with van der Waals surface area (Å²) in [4.78, 5) is 37.6. The first kappa shape index (κ1) is 20.9. The molecule has 8 heteroatoms. The van der Waals surface area contributed by atoms with Gasteiger partial charge < -0.3 is 20.1 Å². The second kappa shape index (κ2) is 9.09. The monoisotopic (exact) mass is 416 g/mol. The summed E-state index contributed by atoms with van der Waals surface area (Å²) >= 11 is 1.45. The summed E-state index contributed by atoms with van der Waals surface area (Å²) in [6.45, 7) is 3.19. The van der Waals surface area contributed by atoms with Crippen molar-refractivity contribution in [2.45, 2.75) is 33.1 Å². The number of aryl methyl sites for hydroxylation is 1. The smallest absolute Gasteiger partial charge is 0.348 e. The first-order valence-electron chi connectivity index (χ1n) is 9.40. The van der Waals surface area contributed by atoms with Crippen molar-refractivity contribution in [3.63, 3.8) is 0 Å². The molecule has 7 nitrogen and oxygen atoms in total. The lowest BCUT2D eigenvalue weighted by Gasteiger charge is -2.16. The molecule has 0 fully saturated rings. The number of ether oxygens (including phenoxy) is 2. The molecule has 1 atom stereocenters. The van der Waals surface area contributed by atoms with Crippen molar-refractivity contribution in [1.82, 2.24) is 0 Å². The Hall–Kier alpha value is -2.87. The normalized spacial score (nSPS) is 15.2. The number of carbonyl (C=O) groups excluding carboxylic acids is 3. The highest BCUT2D eigenvalue weighted by atomic mass is 32.1. The Labute approximate surface area is 173 Å². The number of carbonyl (C=O) groups is 3. The summed E-state index contributed by atoms with van der Waals surface area (Å²) in [5.74, 6) is -0.166. The SMILES string of the molecule is COc1ccc(NC(C)=O)cc1NC(=O)COC(=O)c1cc2c(s1)CC[C@@H](C)C2. The quantitative estimate of drug-likeness (QED) is 0.702. The molecule has 1 aliphatic carbocycles. The van der Waals surface area contributed by atoms with Gasteiger partial charge in [-0.3, -0.25) is 9.59 Å². The Kier molecular flexibility index (Phi) is 6.53. The zero-order valence-corrected chi connectivity index (χ0v) is 17.5. The minimum absolute atomic E-state index is 0.227. The van der Waals surface area contributed by atoms with Gasteiger partial charge in [-0.25, -0.2) is 4.79 Å². The van der Waals surface area contributed by atoms with Crippen LogP contribution in [0.3, 0.4) is 0 Å². The molecule has 0 saturated heterocycles. The predicted octanol–water partition coefficient (Wildman–Crippen LogP) is 3.64. The second-order valence-electron chi connectivity index (χ2n) is 7.13. The molecule has 0 radical (unpaired) electrons. The summed E-state index contributed by atoms with van der Waals surface area (Å²) in [6.07, 6.45) is 3.09. The number of hydrogen-bond acceptors (Lipinski definition) is 6. The number of thiophene rings is 1. The molecular formula is C21H24N2O5S. The molecule has 0 unspecified atom stereocenters. The van der Waals surface area contributed by atoms with Gasteiger partial charge in [-0.1, -0.05) is 6.92 Å². The Balaban J connectivity index is 1.60. The molecule has 29 heavy (non-hydrogen) atoms. The summed E-state index contributed by atoms with van der Waals surface area (Å²) < 4.78 is 10.4. The largest absolute Gasteiger partial charge is 0.495 e. The van der Waals surface area contributed by atoms with Gasteiger partial charge in [0, 0.05) is 17.5 Å². The standard InChI is InChI=1S/C21H24N2O5S/c1-12-4-7-18-14(8-12)9-19(29-18)21(26)28-11-20(25)23-16-10-15(22-13(2)24)5-6-17(16)27-3/h5-6,9-10,12H,4,7-8,11H2,1-3H3,(H,22,24)(H,23,25)/t12-/m1/s1. The van der Waals surface area contributed by atoms with Gasteiger partial charge in [-0.15, -0.1) is 11.3 Å². The van der Waals surface area contributed by atoms with Crippen molar-refractivity contribution in [1.29, 1.82) is 0 Å². The van der Waals surface area contributed by atoms with E-state index < -0.39 is 18.5 Å². The number of esters is 1. The number of anilines is 2. The highest BCUT2D eigenvalue weighted by molar-refractivity contribution is 7.14. The number of benzene rings is 1. The molecule has 2 N–H and O–H groups in total.